The molecular weight excluding hydrogens is 352 g/mol. The number of hydrogen-bond donors (Lipinski definition) is 0. The minimum absolute atomic E-state index is 0.120. The van der Waals surface area contributed by atoms with Crippen LogP contribution in [0.1, 0.15) is 37.3 Å². The van der Waals surface area contributed by atoms with Crippen LogP contribution in [-0.4, -0.2) is 26.6 Å². The summed E-state index contributed by atoms with van der Waals surface area (Å²) in [6.45, 7) is 2.52. The molecule has 146 valence electrons. The maximum Gasteiger partial charge on any atom is 0.185 e. The Balaban J connectivity index is 1.84. The number of rotatable bonds is 6. The molecule has 0 spiro atoms. The molecule has 4 heteroatoms. The molecule has 0 atom stereocenters. The largest absolute Gasteiger partial charge is 0.497 e. The van der Waals surface area contributed by atoms with Crippen molar-refractivity contribution in [2.45, 2.75) is 26.2 Å². The first-order valence-corrected chi connectivity index (χ1v) is 9.55. The van der Waals surface area contributed by atoms with E-state index in [1.165, 1.54) is 0 Å². The van der Waals surface area contributed by atoms with Crippen LogP contribution in [0.15, 0.2) is 53.6 Å². The Kier molecular flexibility index (Phi) is 6.53. The Morgan fingerprint density at radius 2 is 1.50 bits per heavy atom. The fourth-order valence-corrected chi connectivity index (χ4v) is 3.33. The molecule has 28 heavy (non-hydrogen) atoms. The molecule has 1 aliphatic carbocycles. The molecule has 0 heterocycles. The zero-order chi connectivity index (χ0) is 19.9. The second-order valence-electron chi connectivity index (χ2n) is 6.64. The quantitative estimate of drug-likeness (QED) is 0.638. The summed E-state index contributed by atoms with van der Waals surface area (Å²) in [4.78, 5) is 13.0. The van der Waals surface area contributed by atoms with Crippen molar-refractivity contribution in [2.75, 3.05) is 20.8 Å². The van der Waals surface area contributed by atoms with Crippen LogP contribution >= 0.6 is 0 Å². The Morgan fingerprint density at radius 1 is 0.857 bits per heavy atom. The van der Waals surface area contributed by atoms with Gasteiger partial charge in [-0.2, -0.15) is 0 Å². The highest BCUT2D eigenvalue weighted by Crippen LogP contribution is 2.32. The van der Waals surface area contributed by atoms with Gasteiger partial charge < -0.3 is 14.2 Å². The first-order chi connectivity index (χ1) is 13.6. The maximum absolute atomic E-state index is 13.0. The van der Waals surface area contributed by atoms with E-state index in [1.807, 2.05) is 61.5 Å². The van der Waals surface area contributed by atoms with E-state index >= 15 is 0 Å². The zero-order valence-electron chi connectivity index (χ0n) is 16.7. The van der Waals surface area contributed by atoms with Gasteiger partial charge in [-0.1, -0.05) is 18.2 Å². The maximum atomic E-state index is 13.0. The number of Topliss-reactive ketones (excluding diaryl/α,β-unsaturated/α-hetero) is 1. The lowest BCUT2D eigenvalue weighted by molar-refractivity contribution is -0.112. The molecule has 0 amide bonds. The first kappa shape index (κ1) is 19.7. The van der Waals surface area contributed by atoms with E-state index in [0.29, 0.717) is 18.1 Å². The second kappa shape index (κ2) is 9.27. The summed E-state index contributed by atoms with van der Waals surface area (Å²) in [5.74, 6) is 2.31. The third kappa shape index (κ3) is 4.63. The summed E-state index contributed by atoms with van der Waals surface area (Å²) in [5, 5.41) is 0. The van der Waals surface area contributed by atoms with Crippen LogP contribution in [0.2, 0.25) is 0 Å². The molecule has 0 radical (unpaired) electrons. The molecule has 0 saturated heterocycles. The van der Waals surface area contributed by atoms with Crippen molar-refractivity contribution < 1.29 is 19.0 Å². The van der Waals surface area contributed by atoms with Gasteiger partial charge >= 0.3 is 0 Å². The van der Waals surface area contributed by atoms with Crippen molar-refractivity contribution in [3.05, 3.63) is 64.7 Å². The van der Waals surface area contributed by atoms with Crippen LogP contribution in [0.25, 0.3) is 12.2 Å². The first-order valence-electron chi connectivity index (χ1n) is 9.55. The van der Waals surface area contributed by atoms with E-state index in [-0.39, 0.29) is 5.78 Å². The third-order valence-electron chi connectivity index (χ3n) is 4.76. The van der Waals surface area contributed by atoms with Gasteiger partial charge in [0, 0.05) is 11.1 Å². The average molecular weight is 378 g/mol. The molecule has 0 aliphatic heterocycles. The van der Waals surface area contributed by atoms with E-state index in [1.54, 1.807) is 14.2 Å². The highest BCUT2D eigenvalue weighted by Gasteiger charge is 2.20. The molecule has 0 N–H and O–H groups in total. The van der Waals surface area contributed by atoms with Gasteiger partial charge in [-0.15, -0.1) is 0 Å². The Morgan fingerprint density at radius 3 is 2.11 bits per heavy atom. The van der Waals surface area contributed by atoms with Crippen molar-refractivity contribution in [1.29, 1.82) is 0 Å². The minimum Gasteiger partial charge on any atom is -0.497 e. The average Bonchev–Trinajstić information content (AvgIpc) is 2.72. The molecule has 1 saturated carbocycles. The monoisotopic (exact) mass is 378 g/mol. The molecule has 1 aliphatic rings. The minimum atomic E-state index is 0.120. The van der Waals surface area contributed by atoms with Crippen LogP contribution in [-0.2, 0) is 4.79 Å². The molecule has 4 nitrogen and oxygen atoms in total. The number of hydrogen-bond acceptors (Lipinski definition) is 4. The van der Waals surface area contributed by atoms with E-state index < -0.39 is 0 Å². The van der Waals surface area contributed by atoms with E-state index in [2.05, 4.69) is 0 Å². The van der Waals surface area contributed by atoms with Crippen LogP contribution in [0.5, 0.6) is 17.2 Å². The fraction of sp³-hybridized carbons (Fsp3) is 0.292. The van der Waals surface area contributed by atoms with Crippen LogP contribution in [0, 0.1) is 0 Å². The van der Waals surface area contributed by atoms with Crippen molar-refractivity contribution in [1.82, 2.24) is 0 Å². The van der Waals surface area contributed by atoms with Crippen molar-refractivity contribution in [2.24, 2.45) is 0 Å². The molecule has 2 aromatic carbocycles. The van der Waals surface area contributed by atoms with Gasteiger partial charge in [0.1, 0.15) is 5.75 Å². The van der Waals surface area contributed by atoms with Gasteiger partial charge in [0.25, 0.3) is 0 Å². The second-order valence-corrected chi connectivity index (χ2v) is 6.64. The summed E-state index contributed by atoms with van der Waals surface area (Å²) < 4.78 is 16.2. The fourth-order valence-electron chi connectivity index (χ4n) is 3.33. The lowest BCUT2D eigenvalue weighted by atomic mass is 9.87. The van der Waals surface area contributed by atoms with Gasteiger partial charge in [-0.05, 0) is 73.7 Å². The molecule has 2 aromatic rings. The van der Waals surface area contributed by atoms with Crippen molar-refractivity contribution >= 4 is 17.9 Å². The van der Waals surface area contributed by atoms with Gasteiger partial charge in [0.15, 0.2) is 17.3 Å². The predicted molar refractivity (Wildman–Crippen MR) is 112 cm³/mol. The lowest BCUT2D eigenvalue weighted by Gasteiger charge is -2.17. The summed E-state index contributed by atoms with van der Waals surface area (Å²) in [6.07, 6.45) is 6.49. The number of carbonyl (C=O) groups excluding carboxylic acids is 1. The Hall–Kier alpha value is -3.01. The van der Waals surface area contributed by atoms with E-state index in [9.17, 15) is 4.79 Å². The van der Waals surface area contributed by atoms with Gasteiger partial charge in [0.05, 0.1) is 20.8 Å². The van der Waals surface area contributed by atoms with E-state index in [4.69, 9.17) is 14.2 Å². The smallest absolute Gasteiger partial charge is 0.185 e. The van der Waals surface area contributed by atoms with E-state index in [0.717, 1.165) is 47.3 Å². The highest BCUT2D eigenvalue weighted by atomic mass is 16.5. The number of ketones is 1. The molecule has 3 rings (SSSR count). The topological polar surface area (TPSA) is 44.8 Å². The van der Waals surface area contributed by atoms with Gasteiger partial charge in [-0.3, -0.25) is 4.79 Å². The van der Waals surface area contributed by atoms with Crippen molar-refractivity contribution in [3.8, 4) is 17.2 Å². The van der Waals surface area contributed by atoms with Crippen molar-refractivity contribution in [3.63, 3.8) is 0 Å². The lowest BCUT2D eigenvalue weighted by Crippen LogP contribution is -2.12. The number of allylic oxidation sites excluding steroid dienone is 2. The molecule has 0 aromatic heterocycles. The van der Waals surface area contributed by atoms with Gasteiger partial charge in [-0.25, -0.2) is 0 Å². The summed E-state index contributed by atoms with van der Waals surface area (Å²) in [6, 6.07) is 13.5. The molecular formula is C24H26O4. The van der Waals surface area contributed by atoms with Crippen LogP contribution in [0.4, 0.5) is 0 Å². The van der Waals surface area contributed by atoms with Crippen LogP contribution < -0.4 is 14.2 Å². The highest BCUT2D eigenvalue weighted by molar-refractivity contribution is 6.14. The third-order valence-corrected chi connectivity index (χ3v) is 4.76. The molecule has 0 bridgehead atoms. The Labute approximate surface area is 166 Å². The predicted octanol–water partition coefficient (Wildman–Crippen LogP) is 5.32. The number of carbonyl (C=O) groups is 1. The summed E-state index contributed by atoms with van der Waals surface area (Å²) in [7, 11) is 3.27. The molecule has 0 unspecified atom stereocenters. The van der Waals surface area contributed by atoms with Crippen LogP contribution in [0.3, 0.4) is 0 Å². The number of benzene rings is 2. The number of ether oxygens (including phenoxy) is 3. The van der Waals surface area contributed by atoms with Gasteiger partial charge in [0.2, 0.25) is 0 Å². The number of methoxy groups -OCH3 is 2. The standard InChI is InChI=1S/C24H26O4/c1-4-28-22-13-10-18(16-23(22)27-3)15-20-7-5-6-19(24(20)25)14-17-8-11-21(26-2)12-9-17/h8-16H,4-7H2,1-3H3/b19-14+,20-15+. The SMILES string of the molecule is CCOc1ccc(/C=C2\CCC/C(=C\c3ccc(OC)cc3)C2=O)cc1OC. The Bertz CT molecular complexity index is 891. The summed E-state index contributed by atoms with van der Waals surface area (Å²) in [5.41, 5.74) is 3.63. The normalized spacial score (nSPS) is 17.0. The summed E-state index contributed by atoms with van der Waals surface area (Å²) >= 11 is 0. The zero-order valence-corrected chi connectivity index (χ0v) is 16.7. The molecule has 1 fully saturated rings.